The maximum absolute atomic E-state index is 12.3. The number of furan rings is 1. The minimum atomic E-state index is -0.515. The van der Waals surface area contributed by atoms with Crippen LogP contribution < -0.4 is 4.90 Å². The van der Waals surface area contributed by atoms with Gasteiger partial charge in [-0.1, -0.05) is 12.1 Å². The van der Waals surface area contributed by atoms with Crippen molar-refractivity contribution in [1.29, 1.82) is 0 Å². The van der Waals surface area contributed by atoms with E-state index in [4.69, 9.17) is 20.8 Å². The van der Waals surface area contributed by atoms with Gasteiger partial charge in [0, 0.05) is 7.05 Å². The van der Waals surface area contributed by atoms with Crippen LogP contribution in [0.15, 0.2) is 41.0 Å². The molecule has 0 atom stereocenters. The lowest BCUT2D eigenvalue weighted by Gasteiger charge is -2.19. The second-order valence-corrected chi connectivity index (χ2v) is 4.32. The Morgan fingerprint density at radius 2 is 1.90 bits per heavy atom. The van der Waals surface area contributed by atoms with E-state index in [1.165, 1.54) is 24.3 Å². The number of nitrogens with zero attached hydrogens (tertiary/aromatic N) is 1. The number of rotatable bonds is 3. The fourth-order valence-electron chi connectivity index (χ4n) is 1.78. The topological polar surface area (TPSA) is 59.8 Å². The summed E-state index contributed by atoms with van der Waals surface area (Å²) in [5.74, 6) is -0.890. The molecule has 0 spiro atoms. The Hall–Kier alpha value is -2.27. The van der Waals surface area contributed by atoms with Gasteiger partial charge in [-0.25, -0.2) is 4.79 Å². The van der Waals surface area contributed by atoms with Crippen molar-refractivity contribution in [3.05, 3.63) is 52.9 Å². The van der Waals surface area contributed by atoms with Gasteiger partial charge in [-0.2, -0.15) is 0 Å². The van der Waals surface area contributed by atoms with Crippen LogP contribution in [0.3, 0.4) is 0 Å². The van der Waals surface area contributed by atoms with Gasteiger partial charge in [0.15, 0.2) is 0 Å². The highest BCUT2D eigenvalue weighted by Gasteiger charge is 2.22. The van der Waals surface area contributed by atoms with Crippen LogP contribution in [0, 0.1) is 0 Å². The highest BCUT2D eigenvalue weighted by molar-refractivity contribution is 6.33. The summed E-state index contributed by atoms with van der Waals surface area (Å²) in [5, 5.41) is 0.0115. The fraction of sp³-hybridized carbons (Fsp3) is 0.143. The molecule has 0 radical (unpaired) electrons. The summed E-state index contributed by atoms with van der Waals surface area (Å²) in [5.41, 5.74) is 0.959. The van der Waals surface area contributed by atoms with Crippen LogP contribution >= 0.6 is 11.6 Å². The van der Waals surface area contributed by atoms with E-state index in [0.717, 1.165) is 0 Å². The van der Waals surface area contributed by atoms with Gasteiger partial charge in [-0.15, -0.1) is 0 Å². The largest absolute Gasteiger partial charge is 0.465 e. The molecule has 0 saturated heterocycles. The summed E-state index contributed by atoms with van der Waals surface area (Å²) >= 11 is 5.79. The predicted octanol–water partition coefficient (Wildman–Crippen LogP) is 3.00. The normalized spacial score (nSPS) is 10.2. The summed E-state index contributed by atoms with van der Waals surface area (Å²) in [6, 6.07) is 8.13. The van der Waals surface area contributed by atoms with Crippen LogP contribution in [-0.2, 0) is 4.74 Å². The van der Waals surface area contributed by atoms with E-state index in [2.05, 4.69) is 0 Å². The number of hydrogen-bond acceptors (Lipinski definition) is 4. The number of methoxy groups -OCH3 is 1. The number of benzene rings is 1. The first-order chi connectivity index (χ1) is 9.56. The van der Waals surface area contributed by atoms with Crippen LogP contribution in [0.2, 0.25) is 5.22 Å². The Bertz CT molecular complexity index is 650. The quantitative estimate of drug-likeness (QED) is 0.816. The van der Waals surface area contributed by atoms with E-state index in [9.17, 15) is 9.59 Å². The lowest BCUT2D eigenvalue weighted by molar-refractivity contribution is 0.0601. The molecule has 20 heavy (non-hydrogen) atoms. The molecule has 104 valence electrons. The molecule has 2 aromatic rings. The van der Waals surface area contributed by atoms with Gasteiger partial charge in [-0.05, 0) is 29.8 Å². The van der Waals surface area contributed by atoms with E-state index < -0.39 is 5.97 Å². The number of halogens is 1. The molecule has 0 aliphatic rings. The third-order valence-corrected chi connectivity index (χ3v) is 3.12. The van der Waals surface area contributed by atoms with Gasteiger partial charge in [0.05, 0.1) is 30.2 Å². The third kappa shape index (κ3) is 2.53. The Kier molecular flexibility index (Phi) is 4.10. The zero-order chi connectivity index (χ0) is 14.7. The van der Waals surface area contributed by atoms with Crippen LogP contribution in [0.5, 0.6) is 0 Å². The zero-order valence-corrected chi connectivity index (χ0v) is 11.7. The lowest BCUT2D eigenvalue weighted by atomic mass is 10.1. The molecule has 1 amide bonds. The second kappa shape index (κ2) is 5.79. The van der Waals surface area contributed by atoms with Gasteiger partial charge in [0.1, 0.15) is 0 Å². The number of ether oxygens (including phenoxy) is 1. The van der Waals surface area contributed by atoms with Gasteiger partial charge in [0.2, 0.25) is 5.22 Å². The first kappa shape index (κ1) is 14.1. The van der Waals surface area contributed by atoms with Crippen LogP contribution in [0.4, 0.5) is 5.69 Å². The molecule has 0 unspecified atom stereocenters. The maximum atomic E-state index is 12.3. The minimum absolute atomic E-state index is 0.0115. The molecule has 1 heterocycles. The fourth-order valence-corrected chi connectivity index (χ4v) is 1.98. The van der Waals surface area contributed by atoms with E-state index >= 15 is 0 Å². The smallest absolute Gasteiger partial charge is 0.339 e. The first-order valence-electron chi connectivity index (χ1n) is 5.74. The van der Waals surface area contributed by atoms with E-state index in [0.29, 0.717) is 11.3 Å². The summed E-state index contributed by atoms with van der Waals surface area (Å²) < 4.78 is 9.60. The van der Waals surface area contributed by atoms with Gasteiger partial charge < -0.3 is 14.1 Å². The molecular formula is C14H12ClNO4. The van der Waals surface area contributed by atoms with Crippen molar-refractivity contribution < 1.29 is 18.7 Å². The standard InChI is InChI=1S/C14H12ClNO4/c1-16(13(17)10-7-8-20-12(10)15)11-6-4-3-5-9(11)14(18)19-2/h3-8H,1-2H3. The van der Waals surface area contributed by atoms with E-state index in [1.807, 2.05) is 0 Å². The Morgan fingerprint density at radius 3 is 2.50 bits per heavy atom. The number of carbonyl (C=O) groups excluding carboxylic acids is 2. The van der Waals surface area contributed by atoms with E-state index in [1.54, 1.807) is 31.3 Å². The number of esters is 1. The SMILES string of the molecule is COC(=O)c1ccccc1N(C)C(=O)c1ccoc1Cl. The monoisotopic (exact) mass is 293 g/mol. The van der Waals surface area contributed by atoms with Crippen LogP contribution in [0.1, 0.15) is 20.7 Å². The highest BCUT2D eigenvalue weighted by atomic mass is 35.5. The molecule has 1 aromatic carbocycles. The van der Waals surface area contributed by atoms with Crippen molar-refractivity contribution >= 4 is 29.2 Å². The molecule has 6 heteroatoms. The van der Waals surface area contributed by atoms with Crippen LogP contribution in [0.25, 0.3) is 0 Å². The molecule has 2 rings (SSSR count). The first-order valence-corrected chi connectivity index (χ1v) is 6.12. The Labute approximate surface area is 120 Å². The molecule has 0 aliphatic carbocycles. The Morgan fingerprint density at radius 1 is 1.20 bits per heavy atom. The average molecular weight is 294 g/mol. The maximum Gasteiger partial charge on any atom is 0.339 e. The van der Waals surface area contributed by atoms with Gasteiger partial charge in [-0.3, -0.25) is 4.79 Å². The van der Waals surface area contributed by atoms with Crippen molar-refractivity contribution in [1.82, 2.24) is 0 Å². The van der Waals surface area contributed by atoms with Crippen molar-refractivity contribution in [3.63, 3.8) is 0 Å². The number of anilines is 1. The van der Waals surface area contributed by atoms with E-state index in [-0.39, 0.29) is 16.7 Å². The summed E-state index contributed by atoms with van der Waals surface area (Å²) in [6.45, 7) is 0. The van der Waals surface area contributed by atoms with Gasteiger partial charge in [0.25, 0.3) is 5.91 Å². The zero-order valence-electron chi connectivity index (χ0n) is 10.9. The Balaban J connectivity index is 2.39. The summed E-state index contributed by atoms with van der Waals surface area (Å²) in [6.07, 6.45) is 1.33. The molecule has 5 nitrogen and oxygen atoms in total. The van der Waals surface area contributed by atoms with Crippen LogP contribution in [-0.4, -0.2) is 26.0 Å². The number of hydrogen-bond donors (Lipinski definition) is 0. The van der Waals surface area contributed by atoms with Gasteiger partial charge >= 0.3 is 5.97 Å². The summed E-state index contributed by atoms with van der Waals surface area (Å²) in [7, 11) is 2.83. The van der Waals surface area contributed by atoms with Crippen molar-refractivity contribution in [2.45, 2.75) is 0 Å². The number of amides is 1. The van der Waals surface area contributed by atoms with Crippen molar-refractivity contribution in [2.75, 3.05) is 19.1 Å². The van der Waals surface area contributed by atoms with Crippen molar-refractivity contribution in [2.24, 2.45) is 0 Å². The van der Waals surface area contributed by atoms with Crippen molar-refractivity contribution in [3.8, 4) is 0 Å². The molecule has 0 fully saturated rings. The summed E-state index contributed by atoms with van der Waals surface area (Å²) in [4.78, 5) is 25.4. The molecule has 0 saturated carbocycles. The molecular weight excluding hydrogens is 282 g/mol. The second-order valence-electron chi connectivity index (χ2n) is 3.98. The number of carbonyl (C=O) groups is 2. The average Bonchev–Trinajstić information content (AvgIpc) is 2.91. The molecule has 0 aliphatic heterocycles. The lowest BCUT2D eigenvalue weighted by Crippen LogP contribution is -2.28. The minimum Gasteiger partial charge on any atom is -0.465 e. The molecule has 0 bridgehead atoms. The predicted molar refractivity (Wildman–Crippen MR) is 74.2 cm³/mol. The third-order valence-electron chi connectivity index (χ3n) is 2.82. The number of para-hydroxylation sites is 1. The molecule has 1 aromatic heterocycles. The molecule has 0 N–H and O–H groups in total. The highest BCUT2D eigenvalue weighted by Crippen LogP contribution is 2.24.